The van der Waals surface area contributed by atoms with Gasteiger partial charge in [-0.2, -0.15) is 0 Å². The molecule has 4 rings (SSSR count). The maximum absolute atomic E-state index is 12.9. The lowest BCUT2D eigenvalue weighted by molar-refractivity contribution is -0.119. The zero-order valence-electron chi connectivity index (χ0n) is 13.6. The molecule has 5 nitrogen and oxygen atoms in total. The number of anilines is 1. The van der Waals surface area contributed by atoms with Crippen molar-refractivity contribution in [1.29, 1.82) is 0 Å². The van der Waals surface area contributed by atoms with Crippen LogP contribution in [0.4, 0.5) is 5.69 Å². The standard InChI is InChI=1S/C19H16ClN3O2/c1-12-8-13-4-2-3-5-17(13)23(12)18(24)10-22-11-21-16-7-6-14(20)9-15(16)19(22)25/h2-7,9,11-12H,8,10H2,1H3. The van der Waals surface area contributed by atoms with Crippen molar-refractivity contribution >= 4 is 34.1 Å². The van der Waals surface area contributed by atoms with Gasteiger partial charge in [0.1, 0.15) is 6.54 Å². The second-order valence-electron chi connectivity index (χ2n) is 6.28. The molecule has 0 saturated heterocycles. The summed E-state index contributed by atoms with van der Waals surface area (Å²) in [5.74, 6) is -0.122. The van der Waals surface area contributed by atoms with Crippen LogP contribution in [0.2, 0.25) is 5.02 Å². The number of fused-ring (bicyclic) bond motifs is 2. The lowest BCUT2D eigenvalue weighted by Crippen LogP contribution is -2.40. The van der Waals surface area contributed by atoms with E-state index in [0.29, 0.717) is 15.9 Å². The van der Waals surface area contributed by atoms with Gasteiger partial charge in [0.2, 0.25) is 5.91 Å². The summed E-state index contributed by atoms with van der Waals surface area (Å²) in [6.45, 7) is 1.96. The van der Waals surface area contributed by atoms with Gasteiger partial charge in [-0.15, -0.1) is 0 Å². The number of rotatable bonds is 2. The summed E-state index contributed by atoms with van der Waals surface area (Å²) in [6.07, 6.45) is 2.24. The van der Waals surface area contributed by atoms with E-state index in [1.807, 2.05) is 31.2 Å². The van der Waals surface area contributed by atoms with Crippen LogP contribution < -0.4 is 10.5 Å². The number of amides is 1. The summed E-state index contributed by atoms with van der Waals surface area (Å²) < 4.78 is 1.34. The van der Waals surface area contributed by atoms with Gasteiger partial charge >= 0.3 is 0 Å². The Balaban J connectivity index is 1.69. The number of hydrogen-bond donors (Lipinski definition) is 0. The normalized spacial score (nSPS) is 16.2. The highest BCUT2D eigenvalue weighted by molar-refractivity contribution is 6.31. The summed E-state index contributed by atoms with van der Waals surface area (Å²) >= 11 is 5.98. The first kappa shape index (κ1) is 15.8. The van der Waals surface area contributed by atoms with Crippen molar-refractivity contribution in [2.24, 2.45) is 0 Å². The van der Waals surface area contributed by atoms with Crippen LogP contribution in [0.25, 0.3) is 10.9 Å². The van der Waals surface area contributed by atoms with E-state index >= 15 is 0 Å². The van der Waals surface area contributed by atoms with E-state index in [9.17, 15) is 9.59 Å². The van der Waals surface area contributed by atoms with E-state index in [1.54, 1.807) is 23.1 Å². The third-order valence-electron chi connectivity index (χ3n) is 4.57. The minimum Gasteiger partial charge on any atom is -0.307 e. The second kappa shape index (κ2) is 6.01. The van der Waals surface area contributed by atoms with Gasteiger partial charge in [0.05, 0.1) is 17.2 Å². The number of para-hydroxylation sites is 1. The van der Waals surface area contributed by atoms with Gasteiger partial charge in [0, 0.05) is 16.8 Å². The molecular weight excluding hydrogens is 338 g/mol. The third kappa shape index (κ3) is 2.70. The fourth-order valence-corrected chi connectivity index (χ4v) is 3.58. The number of hydrogen-bond acceptors (Lipinski definition) is 3. The summed E-state index contributed by atoms with van der Waals surface area (Å²) in [5.41, 5.74) is 2.38. The molecule has 1 aromatic heterocycles. The van der Waals surface area contributed by atoms with E-state index in [4.69, 9.17) is 11.6 Å². The molecule has 6 heteroatoms. The van der Waals surface area contributed by atoms with E-state index < -0.39 is 0 Å². The summed E-state index contributed by atoms with van der Waals surface area (Å²) in [6, 6.07) is 12.9. The Kier molecular flexibility index (Phi) is 3.81. The topological polar surface area (TPSA) is 55.2 Å². The van der Waals surface area contributed by atoms with Crippen molar-refractivity contribution in [2.75, 3.05) is 4.90 Å². The number of halogens is 1. The third-order valence-corrected chi connectivity index (χ3v) is 4.80. The highest BCUT2D eigenvalue weighted by Gasteiger charge is 2.30. The Morgan fingerprint density at radius 3 is 2.92 bits per heavy atom. The van der Waals surface area contributed by atoms with Gasteiger partial charge in [-0.1, -0.05) is 29.8 Å². The molecule has 0 spiro atoms. The van der Waals surface area contributed by atoms with Gasteiger partial charge < -0.3 is 4.90 Å². The Morgan fingerprint density at radius 1 is 1.28 bits per heavy atom. The molecule has 0 saturated carbocycles. The van der Waals surface area contributed by atoms with Crippen LogP contribution in [-0.2, 0) is 17.8 Å². The number of carbonyl (C=O) groups is 1. The van der Waals surface area contributed by atoms with Crippen molar-refractivity contribution in [2.45, 2.75) is 25.9 Å². The summed E-state index contributed by atoms with van der Waals surface area (Å²) in [7, 11) is 0. The second-order valence-corrected chi connectivity index (χ2v) is 6.72. The molecule has 0 bridgehead atoms. The molecule has 0 aliphatic carbocycles. The lowest BCUT2D eigenvalue weighted by atomic mass is 10.1. The van der Waals surface area contributed by atoms with Crippen molar-refractivity contribution < 1.29 is 4.79 Å². The molecule has 2 aromatic carbocycles. The highest BCUT2D eigenvalue weighted by Crippen LogP contribution is 2.31. The van der Waals surface area contributed by atoms with E-state index in [-0.39, 0.29) is 24.1 Å². The van der Waals surface area contributed by atoms with Gasteiger partial charge in [0.25, 0.3) is 5.56 Å². The van der Waals surface area contributed by atoms with Crippen molar-refractivity contribution in [1.82, 2.24) is 9.55 Å². The molecular formula is C19H16ClN3O2. The molecule has 25 heavy (non-hydrogen) atoms. The number of benzene rings is 2. The van der Waals surface area contributed by atoms with E-state index in [1.165, 1.54) is 10.9 Å². The molecule has 1 atom stereocenters. The van der Waals surface area contributed by atoms with Gasteiger partial charge in [-0.25, -0.2) is 4.98 Å². The Labute approximate surface area is 149 Å². The summed E-state index contributed by atoms with van der Waals surface area (Å²) in [5, 5.41) is 0.884. The molecule has 0 N–H and O–H groups in total. The first-order chi connectivity index (χ1) is 12.0. The molecule has 126 valence electrons. The predicted molar refractivity (Wildman–Crippen MR) is 98.1 cm³/mol. The average molecular weight is 354 g/mol. The van der Waals surface area contributed by atoms with E-state index in [0.717, 1.165) is 17.7 Å². The van der Waals surface area contributed by atoms with Crippen molar-refractivity contribution in [3.8, 4) is 0 Å². The van der Waals surface area contributed by atoms with Crippen LogP contribution in [-0.4, -0.2) is 21.5 Å². The Bertz CT molecular complexity index is 1040. The largest absolute Gasteiger partial charge is 0.307 e. The van der Waals surface area contributed by atoms with Crippen LogP contribution in [0.15, 0.2) is 53.6 Å². The lowest BCUT2D eigenvalue weighted by Gasteiger charge is -2.23. The van der Waals surface area contributed by atoms with E-state index in [2.05, 4.69) is 4.98 Å². The molecule has 1 unspecified atom stereocenters. The maximum Gasteiger partial charge on any atom is 0.261 e. The Morgan fingerprint density at radius 2 is 2.08 bits per heavy atom. The quantitative estimate of drug-likeness (QED) is 0.711. The summed E-state index contributed by atoms with van der Waals surface area (Å²) in [4.78, 5) is 31.5. The Hall–Kier alpha value is -2.66. The first-order valence-electron chi connectivity index (χ1n) is 8.09. The van der Waals surface area contributed by atoms with Crippen LogP contribution in [0.3, 0.4) is 0 Å². The van der Waals surface area contributed by atoms with Gasteiger partial charge in [0.15, 0.2) is 0 Å². The fraction of sp³-hybridized carbons (Fsp3) is 0.211. The van der Waals surface area contributed by atoms with Crippen LogP contribution in [0, 0.1) is 0 Å². The first-order valence-corrected chi connectivity index (χ1v) is 8.47. The van der Waals surface area contributed by atoms with Gasteiger partial charge in [-0.05, 0) is 43.2 Å². The SMILES string of the molecule is CC1Cc2ccccc2N1C(=O)Cn1cnc2ccc(Cl)cc2c1=O. The van der Waals surface area contributed by atoms with Crippen molar-refractivity contribution in [3.05, 3.63) is 69.7 Å². The molecule has 2 heterocycles. The number of carbonyl (C=O) groups excluding carboxylic acids is 1. The maximum atomic E-state index is 12.9. The van der Waals surface area contributed by atoms with Crippen LogP contribution in [0.1, 0.15) is 12.5 Å². The predicted octanol–water partition coefficient (Wildman–Crippen LogP) is 3.03. The monoisotopic (exact) mass is 353 g/mol. The molecule has 3 aromatic rings. The van der Waals surface area contributed by atoms with Crippen LogP contribution in [0.5, 0.6) is 0 Å². The molecule has 0 radical (unpaired) electrons. The highest BCUT2D eigenvalue weighted by atomic mass is 35.5. The fourth-order valence-electron chi connectivity index (χ4n) is 3.41. The van der Waals surface area contributed by atoms with Gasteiger partial charge in [-0.3, -0.25) is 14.2 Å². The van der Waals surface area contributed by atoms with Crippen LogP contribution >= 0.6 is 11.6 Å². The molecule has 1 amide bonds. The van der Waals surface area contributed by atoms with Crippen molar-refractivity contribution in [3.63, 3.8) is 0 Å². The minimum absolute atomic E-state index is 0.0486. The molecule has 1 aliphatic heterocycles. The smallest absolute Gasteiger partial charge is 0.261 e. The number of aromatic nitrogens is 2. The average Bonchev–Trinajstić information content (AvgIpc) is 2.93. The molecule has 1 aliphatic rings. The minimum atomic E-state index is -0.263. The number of nitrogens with zero attached hydrogens (tertiary/aromatic N) is 3. The molecule has 0 fully saturated rings. The zero-order valence-corrected chi connectivity index (χ0v) is 14.4. The zero-order chi connectivity index (χ0) is 17.6.